The number of aryl methyl sites for hydroxylation is 1. The van der Waals surface area contributed by atoms with Gasteiger partial charge in [0.1, 0.15) is 5.76 Å². The lowest BCUT2D eigenvalue weighted by Crippen LogP contribution is -2.23. The summed E-state index contributed by atoms with van der Waals surface area (Å²) in [6.07, 6.45) is 9.38. The van der Waals surface area contributed by atoms with Crippen LogP contribution >= 0.6 is 11.3 Å². The molecular formula is C17H17N3O2S. The van der Waals surface area contributed by atoms with E-state index in [2.05, 4.69) is 22.5 Å². The van der Waals surface area contributed by atoms with E-state index >= 15 is 0 Å². The molecule has 0 fully saturated rings. The van der Waals surface area contributed by atoms with Crippen LogP contribution in [0.5, 0.6) is 0 Å². The third-order valence-electron chi connectivity index (χ3n) is 3.26. The van der Waals surface area contributed by atoms with Crippen molar-refractivity contribution in [1.29, 1.82) is 0 Å². The van der Waals surface area contributed by atoms with Crippen LogP contribution in [0.1, 0.15) is 10.6 Å². The quantitative estimate of drug-likeness (QED) is 0.708. The van der Waals surface area contributed by atoms with Crippen LogP contribution in [-0.2, 0) is 18.3 Å². The molecule has 0 aliphatic carbocycles. The molecule has 0 spiro atoms. The number of furan rings is 1. The number of nitrogens with one attached hydrogen (secondary N) is 1. The van der Waals surface area contributed by atoms with E-state index < -0.39 is 0 Å². The standard InChI is InChI=1S/C17H17N3O2S/c1-20-12-13(11-19-20)16-6-5-15(23-16)8-9-18-17(21)7-4-14-3-2-10-22-14/h2-7,10-12H,8-9H2,1H3,(H,18,21). The fourth-order valence-corrected chi connectivity index (χ4v) is 3.11. The van der Waals surface area contributed by atoms with Crippen molar-refractivity contribution < 1.29 is 9.21 Å². The van der Waals surface area contributed by atoms with Gasteiger partial charge in [0.2, 0.25) is 5.91 Å². The Morgan fingerprint density at radius 3 is 3.09 bits per heavy atom. The predicted octanol–water partition coefficient (Wildman–Crippen LogP) is 3.11. The lowest BCUT2D eigenvalue weighted by atomic mass is 10.3. The first kappa shape index (κ1) is 15.3. The van der Waals surface area contributed by atoms with Gasteiger partial charge in [-0.1, -0.05) is 0 Å². The van der Waals surface area contributed by atoms with E-state index in [1.54, 1.807) is 40.5 Å². The van der Waals surface area contributed by atoms with E-state index in [-0.39, 0.29) is 5.91 Å². The summed E-state index contributed by atoms with van der Waals surface area (Å²) in [4.78, 5) is 14.1. The minimum atomic E-state index is -0.120. The number of carbonyl (C=O) groups excluding carboxylic acids is 1. The molecule has 6 heteroatoms. The Morgan fingerprint density at radius 2 is 2.35 bits per heavy atom. The largest absolute Gasteiger partial charge is 0.465 e. The molecule has 0 saturated carbocycles. The second kappa shape index (κ2) is 7.11. The summed E-state index contributed by atoms with van der Waals surface area (Å²) in [6, 6.07) is 7.77. The molecule has 0 radical (unpaired) electrons. The molecule has 5 nitrogen and oxygen atoms in total. The van der Waals surface area contributed by atoms with Gasteiger partial charge in [-0.05, 0) is 36.8 Å². The zero-order chi connectivity index (χ0) is 16.1. The lowest BCUT2D eigenvalue weighted by molar-refractivity contribution is -0.116. The number of amides is 1. The molecule has 0 unspecified atom stereocenters. The van der Waals surface area contributed by atoms with Gasteiger partial charge in [-0.2, -0.15) is 5.10 Å². The van der Waals surface area contributed by atoms with Gasteiger partial charge < -0.3 is 9.73 Å². The molecule has 118 valence electrons. The normalized spacial score (nSPS) is 11.2. The Kier molecular flexibility index (Phi) is 4.73. The molecule has 0 saturated heterocycles. The zero-order valence-electron chi connectivity index (χ0n) is 12.7. The van der Waals surface area contributed by atoms with Gasteiger partial charge in [0.15, 0.2) is 0 Å². The topological polar surface area (TPSA) is 60.1 Å². The minimum Gasteiger partial charge on any atom is -0.465 e. The Balaban J connectivity index is 1.47. The number of rotatable bonds is 6. The summed E-state index contributed by atoms with van der Waals surface area (Å²) in [7, 11) is 1.91. The van der Waals surface area contributed by atoms with Gasteiger partial charge in [-0.3, -0.25) is 9.48 Å². The van der Waals surface area contributed by atoms with Crippen LogP contribution in [0, 0.1) is 0 Å². The Labute approximate surface area is 138 Å². The van der Waals surface area contributed by atoms with Crippen molar-refractivity contribution in [2.24, 2.45) is 7.05 Å². The SMILES string of the molecule is Cn1cc(-c2ccc(CCNC(=O)C=Cc3ccco3)s2)cn1. The van der Waals surface area contributed by atoms with E-state index in [0.29, 0.717) is 12.3 Å². The minimum absolute atomic E-state index is 0.120. The number of thiophene rings is 1. The summed E-state index contributed by atoms with van der Waals surface area (Å²) in [5.74, 6) is 0.546. The molecule has 3 rings (SSSR count). The van der Waals surface area contributed by atoms with Gasteiger partial charge in [-0.25, -0.2) is 0 Å². The van der Waals surface area contributed by atoms with Crippen LogP contribution in [0.15, 0.2) is 53.4 Å². The number of aromatic nitrogens is 2. The molecule has 0 atom stereocenters. The third-order valence-corrected chi connectivity index (χ3v) is 4.46. The van der Waals surface area contributed by atoms with E-state index in [4.69, 9.17) is 4.42 Å². The molecular weight excluding hydrogens is 310 g/mol. The van der Waals surface area contributed by atoms with Gasteiger partial charge in [-0.15, -0.1) is 11.3 Å². The molecule has 0 aliphatic rings. The third kappa shape index (κ3) is 4.20. The highest BCUT2D eigenvalue weighted by molar-refractivity contribution is 7.15. The van der Waals surface area contributed by atoms with Gasteiger partial charge >= 0.3 is 0 Å². The first-order chi connectivity index (χ1) is 11.2. The molecule has 3 aromatic rings. The van der Waals surface area contributed by atoms with Crippen molar-refractivity contribution >= 4 is 23.3 Å². The molecule has 0 aliphatic heterocycles. The first-order valence-corrected chi connectivity index (χ1v) is 8.09. The van der Waals surface area contributed by atoms with Crippen molar-refractivity contribution in [2.75, 3.05) is 6.54 Å². The average Bonchev–Trinajstić information content (AvgIpc) is 3.26. The molecule has 3 aromatic heterocycles. The van der Waals surface area contributed by atoms with Crippen LogP contribution in [0.4, 0.5) is 0 Å². The second-order valence-electron chi connectivity index (χ2n) is 5.06. The lowest BCUT2D eigenvalue weighted by Gasteiger charge is -1.99. The Hall–Kier alpha value is -2.60. The Morgan fingerprint density at radius 1 is 1.43 bits per heavy atom. The maximum Gasteiger partial charge on any atom is 0.244 e. The molecule has 0 aromatic carbocycles. The van der Waals surface area contributed by atoms with Crippen LogP contribution in [0.3, 0.4) is 0 Å². The average molecular weight is 327 g/mol. The summed E-state index contributed by atoms with van der Waals surface area (Å²) in [5, 5.41) is 7.05. The number of hydrogen-bond donors (Lipinski definition) is 1. The van der Waals surface area contributed by atoms with Gasteiger partial charge in [0.25, 0.3) is 0 Å². The van der Waals surface area contributed by atoms with Gasteiger partial charge in [0, 0.05) is 41.2 Å². The van der Waals surface area contributed by atoms with Crippen LogP contribution in [-0.4, -0.2) is 22.2 Å². The predicted molar refractivity (Wildman–Crippen MR) is 91.0 cm³/mol. The van der Waals surface area contributed by atoms with E-state index in [1.165, 1.54) is 15.8 Å². The van der Waals surface area contributed by atoms with Crippen molar-refractivity contribution in [2.45, 2.75) is 6.42 Å². The highest BCUT2D eigenvalue weighted by Crippen LogP contribution is 2.27. The van der Waals surface area contributed by atoms with E-state index in [0.717, 1.165) is 12.0 Å². The van der Waals surface area contributed by atoms with E-state index in [1.807, 2.05) is 19.4 Å². The number of carbonyl (C=O) groups is 1. The fourth-order valence-electron chi connectivity index (χ4n) is 2.13. The summed E-state index contributed by atoms with van der Waals surface area (Å²) in [5.41, 5.74) is 1.12. The number of nitrogens with zero attached hydrogens (tertiary/aromatic N) is 2. The van der Waals surface area contributed by atoms with Crippen molar-refractivity contribution in [3.63, 3.8) is 0 Å². The summed E-state index contributed by atoms with van der Waals surface area (Å²) < 4.78 is 6.92. The Bertz CT molecular complexity index is 800. The van der Waals surface area contributed by atoms with Crippen molar-refractivity contribution in [1.82, 2.24) is 15.1 Å². The zero-order valence-corrected chi connectivity index (χ0v) is 13.5. The fraction of sp³-hybridized carbons (Fsp3) is 0.176. The summed E-state index contributed by atoms with van der Waals surface area (Å²) in [6.45, 7) is 0.605. The monoisotopic (exact) mass is 327 g/mol. The molecule has 23 heavy (non-hydrogen) atoms. The molecule has 1 N–H and O–H groups in total. The smallest absolute Gasteiger partial charge is 0.244 e. The second-order valence-corrected chi connectivity index (χ2v) is 6.23. The number of hydrogen-bond acceptors (Lipinski definition) is 4. The summed E-state index contributed by atoms with van der Waals surface area (Å²) >= 11 is 1.72. The highest BCUT2D eigenvalue weighted by Gasteiger charge is 2.05. The molecule has 3 heterocycles. The van der Waals surface area contributed by atoms with Crippen LogP contribution in [0.25, 0.3) is 16.5 Å². The van der Waals surface area contributed by atoms with Gasteiger partial charge in [0.05, 0.1) is 12.5 Å². The maximum atomic E-state index is 11.7. The molecule has 1 amide bonds. The maximum absolute atomic E-state index is 11.7. The van der Waals surface area contributed by atoms with E-state index in [9.17, 15) is 4.79 Å². The van der Waals surface area contributed by atoms with Crippen LogP contribution in [0.2, 0.25) is 0 Å². The van der Waals surface area contributed by atoms with Crippen LogP contribution < -0.4 is 5.32 Å². The highest BCUT2D eigenvalue weighted by atomic mass is 32.1. The van der Waals surface area contributed by atoms with Crippen molar-refractivity contribution in [3.05, 3.63) is 59.6 Å². The first-order valence-electron chi connectivity index (χ1n) is 7.28. The molecule has 0 bridgehead atoms. The van der Waals surface area contributed by atoms with Crippen molar-refractivity contribution in [3.8, 4) is 10.4 Å².